The second kappa shape index (κ2) is 6.09. The number of aliphatic carboxylic acids is 1. The van der Waals surface area contributed by atoms with Gasteiger partial charge in [-0.15, -0.1) is 11.3 Å². The number of carboxylic acid groups (broad SMARTS) is 1. The van der Waals surface area contributed by atoms with Crippen molar-refractivity contribution in [1.82, 2.24) is 0 Å². The van der Waals surface area contributed by atoms with Crippen LogP contribution in [0.15, 0.2) is 34.8 Å². The smallest absolute Gasteiger partial charge is 0.328 e. The monoisotopic (exact) mass is 376 g/mol. The third-order valence-electron chi connectivity index (χ3n) is 2.27. The van der Waals surface area contributed by atoms with E-state index < -0.39 is 5.97 Å². The van der Waals surface area contributed by atoms with E-state index in [0.717, 1.165) is 25.9 Å². The zero-order chi connectivity index (χ0) is 14.0. The van der Waals surface area contributed by atoms with Gasteiger partial charge < -0.3 is 5.11 Å². The molecule has 0 bridgehead atoms. The number of hydrogen-bond acceptors (Lipinski definition) is 2. The van der Waals surface area contributed by atoms with Gasteiger partial charge in [0.15, 0.2) is 0 Å². The number of rotatable bonds is 3. The Hall–Kier alpha value is -0.810. The van der Waals surface area contributed by atoms with Crippen LogP contribution in [0.1, 0.15) is 4.88 Å². The van der Waals surface area contributed by atoms with E-state index in [0.29, 0.717) is 10.0 Å². The number of benzene rings is 1. The van der Waals surface area contributed by atoms with Crippen LogP contribution in [-0.4, -0.2) is 11.1 Å². The summed E-state index contributed by atoms with van der Waals surface area (Å²) in [5.74, 6) is -0.977. The fraction of sp³-hybridized carbons (Fsp3) is 0. The Morgan fingerprint density at radius 2 is 1.89 bits per heavy atom. The van der Waals surface area contributed by atoms with E-state index in [2.05, 4.69) is 15.9 Å². The number of halogens is 3. The van der Waals surface area contributed by atoms with Crippen LogP contribution >= 0.6 is 50.5 Å². The first kappa shape index (κ1) is 14.6. The van der Waals surface area contributed by atoms with Gasteiger partial charge >= 0.3 is 5.97 Å². The van der Waals surface area contributed by atoms with Gasteiger partial charge in [-0.05, 0) is 30.3 Å². The van der Waals surface area contributed by atoms with Gasteiger partial charge in [-0.1, -0.05) is 39.1 Å². The quantitative estimate of drug-likeness (QED) is 0.708. The first-order valence-corrected chi connectivity index (χ1v) is 7.49. The minimum absolute atomic E-state index is 0.551. The second-order valence-electron chi connectivity index (χ2n) is 3.62. The lowest BCUT2D eigenvalue weighted by Gasteiger charge is -2.05. The van der Waals surface area contributed by atoms with E-state index in [1.807, 2.05) is 12.1 Å². The van der Waals surface area contributed by atoms with Crippen LogP contribution in [0.3, 0.4) is 0 Å². The minimum Gasteiger partial charge on any atom is -0.478 e. The maximum Gasteiger partial charge on any atom is 0.328 e. The Bertz CT molecular complexity index is 641. The first-order chi connectivity index (χ1) is 8.97. The summed E-state index contributed by atoms with van der Waals surface area (Å²) in [5, 5.41) is 9.69. The maximum atomic E-state index is 10.5. The molecule has 6 heteroatoms. The predicted octanol–water partition coefficient (Wildman–Crippen LogP) is 5.58. The van der Waals surface area contributed by atoms with E-state index in [4.69, 9.17) is 28.3 Å². The Morgan fingerprint density at radius 1 is 1.26 bits per heavy atom. The van der Waals surface area contributed by atoms with Crippen molar-refractivity contribution in [3.63, 3.8) is 0 Å². The lowest BCUT2D eigenvalue weighted by molar-refractivity contribution is -0.131. The zero-order valence-electron chi connectivity index (χ0n) is 9.36. The molecule has 0 saturated heterocycles. The number of carboxylic acids is 1. The van der Waals surface area contributed by atoms with Crippen molar-refractivity contribution < 1.29 is 9.90 Å². The van der Waals surface area contributed by atoms with E-state index in [-0.39, 0.29) is 0 Å². The molecule has 1 aromatic heterocycles. The van der Waals surface area contributed by atoms with Crippen molar-refractivity contribution in [3.05, 3.63) is 49.7 Å². The number of hydrogen-bond donors (Lipinski definition) is 1. The molecule has 0 aliphatic rings. The average molecular weight is 378 g/mol. The molecule has 0 radical (unpaired) electrons. The van der Waals surface area contributed by atoms with Crippen molar-refractivity contribution in [3.8, 4) is 10.4 Å². The van der Waals surface area contributed by atoms with Gasteiger partial charge in [0, 0.05) is 25.9 Å². The molecule has 19 heavy (non-hydrogen) atoms. The van der Waals surface area contributed by atoms with Gasteiger partial charge in [0.1, 0.15) is 0 Å². The maximum absolute atomic E-state index is 10.5. The molecule has 0 aliphatic heterocycles. The molecule has 0 spiro atoms. The van der Waals surface area contributed by atoms with Gasteiger partial charge in [-0.3, -0.25) is 0 Å². The third-order valence-corrected chi connectivity index (χ3v) is 4.39. The average Bonchev–Trinajstić information content (AvgIpc) is 2.73. The highest BCUT2D eigenvalue weighted by molar-refractivity contribution is 9.10. The van der Waals surface area contributed by atoms with Crippen LogP contribution in [0, 0.1) is 0 Å². The first-order valence-electron chi connectivity index (χ1n) is 5.13. The summed E-state index contributed by atoms with van der Waals surface area (Å²) in [4.78, 5) is 12.2. The van der Waals surface area contributed by atoms with Gasteiger partial charge in [0.05, 0.1) is 10.0 Å². The lowest BCUT2D eigenvalue weighted by Crippen LogP contribution is -1.84. The summed E-state index contributed by atoms with van der Waals surface area (Å²) in [7, 11) is 0. The Labute approximate surface area is 132 Å². The van der Waals surface area contributed by atoms with E-state index in [9.17, 15) is 4.79 Å². The summed E-state index contributed by atoms with van der Waals surface area (Å²) in [6, 6.07) is 7.24. The summed E-state index contributed by atoms with van der Waals surface area (Å²) < 4.78 is 0.814. The number of carbonyl (C=O) groups is 1. The van der Waals surface area contributed by atoms with Crippen molar-refractivity contribution in [2.45, 2.75) is 0 Å². The van der Waals surface area contributed by atoms with Gasteiger partial charge in [-0.25, -0.2) is 4.79 Å². The molecule has 0 atom stereocenters. The largest absolute Gasteiger partial charge is 0.478 e. The Morgan fingerprint density at radius 3 is 2.47 bits per heavy atom. The van der Waals surface area contributed by atoms with E-state index >= 15 is 0 Å². The predicted molar refractivity (Wildman–Crippen MR) is 84.1 cm³/mol. The van der Waals surface area contributed by atoms with Gasteiger partial charge in [-0.2, -0.15) is 0 Å². The van der Waals surface area contributed by atoms with E-state index in [1.165, 1.54) is 17.4 Å². The molecule has 0 amide bonds. The molecular formula is C13H7BrCl2O2S. The van der Waals surface area contributed by atoms with Crippen LogP contribution in [0.5, 0.6) is 0 Å². The molecule has 0 saturated carbocycles. The normalized spacial score (nSPS) is 11.1. The Kier molecular flexibility index (Phi) is 4.68. The second-order valence-corrected chi connectivity index (χ2v) is 6.46. The summed E-state index contributed by atoms with van der Waals surface area (Å²) in [5.41, 5.74) is 0.756. The van der Waals surface area contributed by atoms with Crippen LogP contribution in [0.4, 0.5) is 0 Å². The highest BCUT2D eigenvalue weighted by atomic mass is 79.9. The van der Waals surface area contributed by atoms with Crippen LogP contribution in [-0.2, 0) is 4.79 Å². The van der Waals surface area contributed by atoms with Crippen molar-refractivity contribution in [1.29, 1.82) is 0 Å². The van der Waals surface area contributed by atoms with Crippen LogP contribution < -0.4 is 0 Å². The van der Waals surface area contributed by atoms with Gasteiger partial charge in [0.2, 0.25) is 0 Å². The van der Waals surface area contributed by atoms with Crippen molar-refractivity contribution >= 4 is 62.5 Å². The van der Waals surface area contributed by atoms with Crippen molar-refractivity contribution in [2.24, 2.45) is 0 Å². The molecule has 2 nitrogen and oxygen atoms in total. The molecule has 1 heterocycles. The SMILES string of the molecule is O=C(O)/C=C/c1ccc(-c2c(Cl)cc(Br)cc2Cl)s1. The highest BCUT2D eigenvalue weighted by Gasteiger charge is 2.11. The van der Waals surface area contributed by atoms with Crippen LogP contribution in [0.2, 0.25) is 10.0 Å². The minimum atomic E-state index is -0.977. The third kappa shape index (κ3) is 3.60. The molecule has 0 aliphatic carbocycles. The van der Waals surface area contributed by atoms with E-state index in [1.54, 1.807) is 12.1 Å². The molecule has 1 N–H and O–H groups in total. The molecular weight excluding hydrogens is 371 g/mol. The summed E-state index contributed by atoms with van der Waals surface area (Å²) in [6.07, 6.45) is 2.64. The topological polar surface area (TPSA) is 37.3 Å². The molecule has 2 aromatic rings. The highest BCUT2D eigenvalue weighted by Crippen LogP contribution is 2.40. The standard InChI is InChI=1S/C13H7BrCl2O2S/c14-7-5-9(15)13(10(16)6-7)11-3-1-8(19-11)2-4-12(17)18/h1-6H,(H,17,18)/b4-2+. The lowest BCUT2D eigenvalue weighted by atomic mass is 10.2. The van der Waals surface area contributed by atoms with Gasteiger partial charge in [0.25, 0.3) is 0 Å². The Balaban J connectivity index is 2.41. The molecule has 98 valence electrons. The molecule has 0 fully saturated rings. The van der Waals surface area contributed by atoms with Crippen molar-refractivity contribution in [2.75, 3.05) is 0 Å². The number of thiophene rings is 1. The summed E-state index contributed by atoms with van der Waals surface area (Å²) in [6.45, 7) is 0. The summed E-state index contributed by atoms with van der Waals surface area (Å²) >= 11 is 17.1. The fourth-order valence-electron chi connectivity index (χ4n) is 1.51. The molecule has 2 rings (SSSR count). The molecule has 0 unspecified atom stereocenters. The zero-order valence-corrected chi connectivity index (χ0v) is 13.3. The fourth-order valence-corrected chi connectivity index (χ4v) is 4.02. The molecule has 1 aromatic carbocycles. The van der Waals surface area contributed by atoms with Crippen LogP contribution in [0.25, 0.3) is 16.5 Å².